The van der Waals surface area contributed by atoms with Crippen LogP contribution in [-0.2, 0) is 21.2 Å². The van der Waals surface area contributed by atoms with Gasteiger partial charge in [0.2, 0.25) is 5.91 Å². The number of amides is 1. The molecule has 3 N–H and O–H groups in total. The van der Waals surface area contributed by atoms with Gasteiger partial charge in [-0.25, -0.2) is 13.1 Å². The Kier molecular flexibility index (Phi) is 5.30. The molecule has 1 aliphatic heterocycles. The van der Waals surface area contributed by atoms with Crippen LogP contribution in [0.3, 0.4) is 0 Å². The third-order valence-electron chi connectivity index (χ3n) is 3.90. The van der Waals surface area contributed by atoms with Crippen molar-refractivity contribution >= 4 is 27.3 Å². The van der Waals surface area contributed by atoms with Crippen LogP contribution in [-0.4, -0.2) is 34.0 Å². The molecule has 8 heteroatoms. The number of rotatable bonds is 6. The molecular weight excluding hydrogens is 346 g/mol. The number of nitrogens with one attached hydrogen (secondary N) is 3. The van der Waals surface area contributed by atoms with Crippen LogP contribution in [0.2, 0.25) is 0 Å². The number of carbonyl (C=O) groups is 1. The van der Waals surface area contributed by atoms with Crippen molar-refractivity contribution < 1.29 is 13.2 Å². The zero-order valence-electron chi connectivity index (χ0n) is 13.0. The first-order valence-corrected chi connectivity index (χ1v) is 10.0. The fraction of sp³-hybridized carbons (Fsp3) is 0.312. The normalized spacial score (nSPS) is 17.2. The number of hydrogen-bond acceptors (Lipinski definition) is 5. The maximum Gasteiger partial charge on any atom is 0.250 e. The molecule has 1 aromatic carbocycles. The van der Waals surface area contributed by atoms with Crippen molar-refractivity contribution in [1.82, 2.24) is 15.4 Å². The first-order chi connectivity index (χ1) is 11.6. The topological polar surface area (TPSA) is 87.3 Å². The second kappa shape index (κ2) is 7.43. The van der Waals surface area contributed by atoms with Gasteiger partial charge in [0.15, 0.2) is 0 Å². The molecule has 0 fully saturated rings. The van der Waals surface area contributed by atoms with Gasteiger partial charge < -0.3 is 10.6 Å². The Morgan fingerprint density at radius 2 is 2.08 bits per heavy atom. The van der Waals surface area contributed by atoms with E-state index in [1.165, 1.54) is 17.2 Å². The average Bonchev–Trinajstić information content (AvgIpc) is 3.14. The van der Waals surface area contributed by atoms with Gasteiger partial charge in [0.25, 0.3) is 10.0 Å². The fourth-order valence-corrected chi connectivity index (χ4v) is 4.72. The summed E-state index contributed by atoms with van der Waals surface area (Å²) in [6, 6.07) is 11.4. The van der Waals surface area contributed by atoms with E-state index >= 15 is 0 Å². The molecule has 128 valence electrons. The van der Waals surface area contributed by atoms with Crippen molar-refractivity contribution in [3.05, 3.63) is 52.9 Å². The van der Waals surface area contributed by atoms with E-state index < -0.39 is 10.0 Å². The summed E-state index contributed by atoms with van der Waals surface area (Å²) in [5.74, 6) is -0.347. The van der Waals surface area contributed by atoms with Crippen LogP contribution in [0.15, 0.2) is 46.0 Å². The molecule has 1 aromatic heterocycles. The van der Waals surface area contributed by atoms with Crippen LogP contribution in [0.4, 0.5) is 0 Å². The first-order valence-electron chi connectivity index (χ1n) is 7.67. The van der Waals surface area contributed by atoms with Crippen molar-refractivity contribution in [1.29, 1.82) is 0 Å². The largest absolute Gasteiger partial charge is 0.353 e. The predicted molar refractivity (Wildman–Crippen MR) is 93.4 cm³/mol. The highest BCUT2D eigenvalue weighted by Gasteiger charge is 2.20. The van der Waals surface area contributed by atoms with E-state index in [0.717, 1.165) is 24.3 Å². The third kappa shape index (κ3) is 4.02. The monoisotopic (exact) mass is 365 g/mol. The number of fused-ring (bicyclic) bond motifs is 1. The predicted octanol–water partition coefficient (Wildman–Crippen LogP) is 1.03. The smallest absolute Gasteiger partial charge is 0.250 e. The van der Waals surface area contributed by atoms with Crippen LogP contribution in [0.5, 0.6) is 0 Å². The molecule has 0 saturated heterocycles. The number of thiophene rings is 1. The Labute approximate surface area is 145 Å². The summed E-state index contributed by atoms with van der Waals surface area (Å²) >= 11 is 1.12. The first kappa shape index (κ1) is 17.1. The molecule has 0 saturated carbocycles. The van der Waals surface area contributed by atoms with Gasteiger partial charge in [-0.1, -0.05) is 30.3 Å². The highest BCUT2D eigenvalue weighted by molar-refractivity contribution is 7.91. The second-order valence-electron chi connectivity index (χ2n) is 5.52. The van der Waals surface area contributed by atoms with Crippen LogP contribution in [0.25, 0.3) is 0 Å². The zero-order valence-corrected chi connectivity index (χ0v) is 14.6. The molecule has 2 aromatic rings. The summed E-state index contributed by atoms with van der Waals surface area (Å²) in [4.78, 5) is 12.0. The van der Waals surface area contributed by atoms with Gasteiger partial charge in [0.1, 0.15) is 4.21 Å². The Bertz CT molecular complexity index is 804. The van der Waals surface area contributed by atoms with Gasteiger partial charge >= 0.3 is 0 Å². The quantitative estimate of drug-likeness (QED) is 0.714. The lowest BCUT2D eigenvalue weighted by Gasteiger charge is -2.27. The van der Waals surface area contributed by atoms with E-state index in [0.29, 0.717) is 6.54 Å². The number of carbonyl (C=O) groups excluding carboxylic acids is 1. The van der Waals surface area contributed by atoms with Crippen LogP contribution in [0, 0.1) is 0 Å². The summed E-state index contributed by atoms with van der Waals surface area (Å²) in [7, 11) is -3.61. The summed E-state index contributed by atoms with van der Waals surface area (Å²) in [6.45, 7) is 1.02. The molecule has 0 radical (unpaired) electrons. The molecule has 0 aliphatic carbocycles. The number of benzene rings is 1. The summed E-state index contributed by atoms with van der Waals surface area (Å²) in [6.07, 6.45) is 0.973. The molecule has 1 aliphatic rings. The average molecular weight is 365 g/mol. The zero-order chi connectivity index (χ0) is 17.0. The molecule has 1 atom stereocenters. The molecule has 24 heavy (non-hydrogen) atoms. The second-order valence-corrected chi connectivity index (χ2v) is 8.46. The minimum absolute atomic E-state index is 0.0489. The van der Waals surface area contributed by atoms with E-state index in [9.17, 15) is 13.2 Å². The minimum Gasteiger partial charge on any atom is -0.353 e. The summed E-state index contributed by atoms with van der Waals surface area (Å²) in [5, 5.41) is 7.84. The minimum atomic E-state index is -3.61. The Balaban J connectivity index is 1.52. The van der Waals surface area contributed by atoms with Crippen molar-refractivity contribution in [2.45, 2.75) is 16.7 Å². The lowest BCUT2D eigenvalue weighted by atomic mass is 9.94. The van der Waals surface area contributed by atoms with Gasteiger partial charge in [-0.15, -0.1) is 11.3 Å². The van der Waals surface area contributed by atoms with E-state index in [-0.39, 0.29) is 22.7 Å². The molecule has 2 heterocycles. The Morgan fingerprint density at radius 1 is 1.25 bits per heavy atom. The fourth-order valence-electron chi connectivity index (χ4n) is 2.70. The van der Waals surface area contributed by atoms with Gasteiger partial charge in [0, 0.05) is 12.6 Å². The third-order valence-corrected chi connectivity index (χ3v) is 6.70. The van der Waals surface area contributed by atoms with Crippen LogP contribution < -0.4 is 15.4 Å². The molecule has 6 nitrogen and oxygen atoms in total. The van der Waals surface area contributed by atoms with E-state index in [4.69, 9.17) is 0 Å². The van der Waals surface area contributed by atoms with Crippen molar-refractivity contribution in [2.75, 3.05) is 19.6 Å². The van der Waals surface area contributed by atoms with Crippen molar-refractivity contribution in [3.63, 3.8) is 0 Å². The Hall–Kier alpha value is -1.74. The van der Waals surface area contributed by atoms with E-state index in [1.54, 1.807) is 11.4 Å². The maximum atomic E-state index is 12.0. The number of sulfonamides is 1. The van der Waals surface area contributed by atoms with Crippen molar-refractivity contribution in [2.24, 2.45) is 0 Å². The highest BCUT2D eigenvalue weighted by Crippen LogP contribution is 2.21. The molecular formula is C16H19N3O3S2. The highest BCUT2D eigenvalue weighted by atomic mass is 32.2. The number of hydrogen-bond donors (Lipinski definition) is 3. The lowest BCUT2D eigenvalue weighted by molar-refractivity contribution is -0.120. The van der Waals surface area contributed by atoms with Crippen LogP contribution >= 0.6 is 11.3 Å². The lowest BCUT2D eigenvalue weighted by Crippen LogP contribution is -2.42. The maximum absolute atomic E-state index is 12.0. The SMILES string of the molecule is O=C(CNS(=O)(=O)c1cccs1)NCC1NCCc2ccccc21. The van der Waals surface area contributed by atoms with Gasteiger partial charge in [0.05, 0.1) is 6.54 Å². The molecule has 1 unspecified atom stereocenters. The molecule has 0 spiro atoms. The standard InChI is InChI=1S/C16H19N3O3S2/c20-15(11-19-24(21,22)16-6-3-9-23-16)18-10-14-13-5-2-1-4-12(13)7-8-17-14/h1-6,9,14,17,19H,7-8,10-11H2,(H,18,20). The molecule has 0 bridgehead atoms. The Morgan fingerprint density at radius 3 is 2.88 bits per heavy atom. The van der Waals surface area contributed by atoms with Gasteiger partial charge in [-0.3, -0.25) is 4.79 Å². The van der Waals surface area contributed by atoms with Crippen LogP contribution in [0.1, 0.15) is 17.2 Å². The van der Waals surface area contributed by atoms with Crippen molar-refractivity contribution in [3.8, 4) is 0 Å². The molecule has 1 amide bonds. The molecule has 3 rings (SSSR count). The summed E-state index contributed by atoms with van der Waals surface area (Å²) in [5.41, 5.74) is 2.47. The van der Waals surface area contributed by atoms with Gasteiger partial charge in [-0.05, 0) is 35.5 Å². The van der Waals surface area contributed by atoms with E-state index in [2.05, 4.69) is 27.5 Å². The summed E-state index contributed by atoms with van der Waals surface area (Å²) < 4.78 is 26.5. The van der Waals surface area contributed by atoms with E-state index in [1.807, 2.05) is 12.1 Å². The van der Waals surface area contributed by atoms with Gasteiger partial charge in [-0.2, -0.15) is 0 Å².